The van der Waals surface area contributed by atoms with E-state index in [1.54, 1.807) is 0 Å². The molecule has 0 rings (SSSR count). The van der Waals surface area contributed by atoms with Crippen molar-refractivity contribution in [1.29, 1.82) is 0 Å². The number of carbonyl (C=O) groups excluding carboxylic acids is 1. The number of hydrogen-bond acceptors (Lipinski definition) is 1. The molecule has 0 saturated carbocycles. The molecule has 0 aliphatic rings. The zero-order valence-electron chi connectivity index (χ0n) is 11.6. The fraction of sp³-hybridized carbons (Fsp3) is 0.929. The summed E-state index contributed by atoms with van der Waals surface area (Å²) in [4.78, 5) is 11.6. The van der Waals surface area contributed by atoms with Crippen molar-refractivity contribution >= 4 is 21.8 Å². The topological polar surface area (TPSA) is 29.1 Å². The molecule has 1 N–H and O–H groups in total. The molecule has 0 fully saturated rings. The van der Waals surface area contributed by atoms with Crippen molar-refractivity contribution in [2.24, 2.45) is 5.92 Å². The highest BCUT2D eigenvalue weighted by Gasteiger charge is 2.12. The first-order valence-corrected chi connectivity index (χ1v) is 8.09. The van der Waals surface area contributed by atoms with Crippen molar-refractivity contribution in [2.45, 2.75) is 71.8 Å². The number of halogens is 1. The lowest BCUT2D eigenvalue weighted by atomic mass is 10.1. The maximum atomic E-state index is 11.6. The number of unbranched alkanes of at least 4 members (excludes halogenated alkanes) is 5. The van der Waals surface area contributed by atoms with E-state index in [9.17, 15) is 4.79 Å². The number of carbonyl (C=O) groups is 1. The van der Waals surface area contributed by atoms with Crippen LogP contribution in [0.25, 0.3) is 0 Å². The van der Waals surface area contributed by atoms with E-state index >= 15 is 0 Å². The molecule has 102 valence electrons. The third-order valence-corrected chi connectivity index (χ3v) is 4.26. The minimum atomic E-state index is 0.209. The molecule has 0 bridgehead atoms. The lowest BCUT2D eigenvalue weighted by Crippen LogP contribution is -2.37. The van der Waals surface area contributed by atoms with Crippen molar-refractivity contribution in [3.05, 3.63) is 0 Å². The zero-order valence-corrected chi connectivity index (χ0v) is 13.2. The molecule has 0 heterocycles. The van der Waals surface area contributed by atoms with Crippen molar-refractivity contribution in [2.75, 3.05) is 5.33 Å². The Balaban J connectivity index is 3.46. The molecule has 17 heavy (non-hydrogen) atoms. The first kappa shape index (κ1) is 16.9. The van der Waals surface area contributed by atoms with E-state index < -0.39 is 0 Å². The van der Waals surface area contributed by atoms with Gasteiger partial charge in [-0.1, -0.05) is 61.9 Å². The molecule has 0 aliphatic carbocycles. The van der Waals surface area contributed by atoms with Crippen LogP contribution in [0.3, 0.4) is 0 Å². The summed E-state index contributed by atoms with van der Waals surface area (Å²) in [5.74, 6) is 0.698. The molecule has 0 radical (unpaired) electrons. The normalized spacial score (nSPS) is 14.4. The van der Waals surface area contributed by atoms with Crippen LogP contribution in [0.1, 0.15) is 65.7 Å². The Labute approximate surface area is 115 Å². The molecule has 2 unspecified atom stereocenters. The number of rotatable bonds is 10. The lowest BCUT2D eigenvalue weighted by molar-refractivity contribution is -0.122. The van der Waals surface area contributed by atoms with Gasteiger partial charge in [0.05, 0.1) is 0 Å². The highest BCUT2D eigenvalue weighted by Crippen LogP contribution is 2.09. The lowest BCUT2D eigenvalue weighted by Gasteiger charge is -2.19. The summed E-state index contributed by atoms with van der Waals surface area (Å²) in [6, 6.07) is 0.266. The van der Waals surface area contributed by atoms with Crippen LogP contribution in [-0.2, 0) is 4.79 Å². The summed E-state index contributed by atoms with van der Waals surface area (Å²) in [6.07, 6.45) is 8.10. The largest absolute Gasteiger partial charge is 0.353 e. The Morgan fingerprint density at radius 3 is 2.29 bits per heavy atom. The molecule has 3 heteroatoms. The van der Waals surface area contributed by atoms with Crippen LogP contribution in [0, 0.1) is 5.92 Å². The minimum Gasteiger partial charge on any atom is -0.353 e. The van der Waals surface area contributed by atoms with Gasteiger partial charge in [-0.25, -0.2) is 0 Å². The van der Waals surface area contributed by atoms with E-state index in [1.165, 1.54) is 32.1 Å². The van der Waals surface area contributed by atoms with Crippen LogP contribution in [0.4, 0.5) is 0 Å². The van der Waals surface area contributed by atoms with Gasteiger partial charge < -0.3 is 5.32 Å². The molecule has 1 amide bonds. The van der Waals surface area contributed by atoms with Gasteiger partial charge >= 0.3 is 0 Å². The van der Waals surface area contributed by atoms with E-state index in [0.717, 1.165) is 11.8 Å². The predicted octanol–water partition coefficient (Wildman–Crippen LogP) is 4.27. The Morgan fingerprint density at radius 1 is 1.12 bits per heavy atom. The Morgan fingerprint density at radius 2 is 1.71 bits per heavy atom. The molecule has 0 aromatic rings. The average molecular weight is 306 g/mol. The molecule has 0 saturated heterocycles. The Kier molecular flexibility index (Phi) is 11.0. The SMILES string of the molecule is CCCCCCCCC(=O)NC(C)C(C)CBr. The summed E-state index contributed by atoms with van der Waals surface area (Å²) < 4.78 is 0. The van der Waals surface area contributed by atoms with Gasteiger partial charge in [0.1, 0.15) is 0 Å². The first-order valence-electron chi connectivity index (χ1n) is 6.97. The standard InChI is InChI=1S/C14H28BrNO/c1-4-5-6-7-8-9-10-14(17)16-13(3)12(2)11-15/h12-13H,4-11H2,1-3H3,(H,16,17). The summed E-state index contributed by atoms with van der Waals surface area (Å²) in [5, 5.41) is 4.00. The van der Waals surface area contributed by atoms with Gasteiger partial charge in [0.25, 0.3) is 0 Å². The fourth-order valence-corrected chi connectivity index (χ4v) is 2.23. The van der Waals surface area contributed by atoms with Crippen LogP contribution < -0.4 is 5.32 Å². The van der Waals surface area contributed by atoms with E-state index in [0.29, 0.717) is 12.3 Å². The van der Waals surface area contributed by atoms with Crippen LogP contribution in [0.5, 0.6) is 0 Å². The van der Waals surface area contributed by atoms with Crippen molar-refractivity contribution in [1.82, 2.24) is 5.32 Å². The smallest absolute Gasteiger partial charge is 0.220 e. The first-order chi connectivity index (χ1) is 8.11. The second-order valence-electron chi connectivity index (χ2n) is 5.01. The van der Waals surface area contributed by atoms with Gasteiger partial charge in [0.15, 0.2) is 0 Å². The van der Waals surface area contributed by atoms with Gasteiger partial charge in [-0.2, -0.15) is 0 Å². The number of nitrogens with one attached hydrogen (secondary N) is 1. The van der Waals surface area contributed by atoms with Crippen molar-refractivity contribution < 1.29 is 4.79 Å². The van der Waals surface area contributed by atoms with Gasteiger partial charge in [-0.05, 0) is 19.3 Å². The molecular weight excluding hydrogens is 278 g/mol. The van der Waals surface area contributed by atoms with Crippen LogP contribution >= 0.6 is 15.9 Å². The third-order valence-electron chi connectivity index (χ3n) is 3.24. The highest BCUT2D eigenvalue weighted by atomic mass is 79.9. The van der Waals surface area contributed by atoms with Gasteiger partial charge in [-0.3, -0.25) is 4.79 Å². The Bertz CT molecular complexity index is 197. The van der Waals surface area contributed by atoms with Crippen LogP contribution in [0.15, 0.2) is 0 Å². The summed E-state index contributed by atoms with van der Waals surface area (Å²) in [5.41, 5.74) is 0. The highest BCUT2D eigenvalue weighted by molar-refractivity contribution is 9.09. The number of amides is 1. The summed E-state index contributed by atoms with van der Waals surface area (Å²) in [7, 11) is 0. The number of alkyl halides is 1. The van der Waals surface area contributed by atoms with Crippen molar-refractivity contribution in [3.8, 4) is 0 Å². The van der Waals surface area contributed by atoms with Crippen molar-refractivity contribution in [3.63, 3.8) is 0 Å². The van der Waals surface area contributed by atoms with Gasteiger partial charge in [-0.15, -0.1) is 0 Å². The second-order valence-corrected chi connectivity index (χ2v) is 5.65. The monoisotopic (exact) mass is 305 g/mol. The molecule has 0 aromatic carbocycles. The average Bonchev–Trinajstić information content (AvgIpc) is 2.32. The van der Waals surface area contributed by atoms with Gasteiger partial charge in [0, 0.05) is 17.8 Å². The molecule has 2 atom stereocenters. The van der Waals surface area contributed by atoms with Crippen LogP contribution in [-0.4, -0.2) is 17.3 Å². The van der Waals surface area contributed by atoms with Crippen LogP contribution in [0.2, 0.25) is 0 Å². The maximum absolute atomic E-state index is 11.6. The third kappa shape index (κ3) is 9.63. The summed E-state index contributed by atoms with van der Waals surface area (Å²) in [6.45, 7) is 6.44. The molecule has 0 spiro atoms. The molecular formula is C14H28BrNO. The second kappa shape index (κ2) is 11.1. The fourth-order valence-electron chi connectivity index (χ4n) is 1.67. The van der Waals surface area contributed by atoms with E-state index in [-0.39, 0.29) is 11.9 Å². The quantitative estimate of drug-likeness (QED) is 0.474. The van der Waals surface area contributed by atoms with E-state index in [4.69, 9.17) is 0 Å². The van der Waals surface area contributed by atoms with E-state index in [1.807, 2.05) is 0 Å². The minimum absolute atomic E-state index is 0.209. The zero-order chi connectivity index (χ0) is 13.1. The van der Waals surface area contributed by atoms with E-state index in [2.05, 4.69) is 42.0 Å². The summed E-state index contributed by atoms with van der Waals surface area (Å²) >= 11 is 3.44. The predicted molar refractivity (Wildman–Crippen MR) is 78.6 cm³/mol. The van der Waals surface area contributed by atoms with Gasteiger partial charge in [0.2, 0.25) is 5.91 Å². The maximum Gasteiger partial charge on any atom is 0.220 e. The molecule has 0 aliphatic heterocycles. The number of hydrogen-bond donors (Lipinski definition) is 1. The Hall–Kier alpha value is -0.0500. The molecule has 0 aromatic heterocycles. The molecule has 2 nitrogen and oxygen atoms in total.